The third-order valence-corrected chi connectivity index (χ3v) is 19.1. The zero-order valence-electron chi connectivity index (χ0n) is 39.3. The zero-order chi connectivity index (χ0) is 44.7. The fourth-order valence-corrected chi connectivity index (χ4v) is 15.3. The lowest BCUT2D eigenvalue weighted by atomic mass is 10.0. The first-order valence-corrected chi connectivity index (χ1v) is 30.4. The topological polar surface area (TPSA) is 39.1 Å². The van der Waals surface area contributed by atoms with Crippen LogP contribution in [0.4, 0.5) is 0 Å². The van der Waals surface area contributed by atoms with Crippen molar-refractivity contribution in [2.75, 3.05) is 0 Å². The van der Waals surface area contributed by atoms with E-state index in [9.17, 15) is 9.59 Å². The lowest BCUT2D eigenvalue weighted by Crippen LogP contribution is -2.30. The molecule has 9 heteroatoms. The minimum atomic E-state index is -0.120. The third kappa shape index (κ3) is 17.2. The van der Waals surface area contributed by atoms with E-state index in [1.165, 1.54) is 194 Å². The fraction of sp³-hybridized carbons (Fsp3) is 0.667. The number of thiophene rings is 4. The number of rotatable bonds is 35. The van der Waals surface area contributed by atoms with Crippen molar-refractivity contribution in [3.8, 4) is 19.5 Å². The van der Waals surface area contributed by atoms with Crippen molar-refractivity contribution in [3.63, 3.8) is 0 Å². The summed E-state index contributed by atoms with van der Waals surface area (Å²) in [5, 5.41) is 1.41. The summed E-state index contributed by atoms with van der Waals surface area (Å²) in [5.74, 6) is 0. The van der Waals surface area contributed by atoms with Crippen LogP contribution in [0, 0.1) is 0 Å². The molecule has 0 bridgehead atoms. The molecule has 63 heavy (non-hydrogen) atoms. The maximum absolute atomic E-state index is 14.6. The van der Waals surface area contributed by atoms with Gasteiger partial charge < -0.3 is 0 Å². The van der Waals surface area contributed by atoms with Crippen molar-refractivity contribution in [2.45, 2.75) is 233 Å². The van der Waals surface area contributed by atoms with Gasteiger partial charge in [0.25, 0.3) is 11.1 Å². The fourth-order valence-electron chi connectivity index (χ4n) is 9.19. The van der Waals surface area contributed by atoms with Gasteiger partial charge in [-0.15, -0.1) is 45.3 Å². The molecule has 5 heterocycles. The number of aryl methyl sites for hydroxylation is 2. The van der Waals surface area contributed by atoms with Crippen LogP contribution in [0.2, 0.25) is 0 Å². The SMILES string of the molecule is CCCCCCCCCCCCc1cc(Br)sc1-c1cc2c(=O)n(CCCCCCCCCCCC)c(=O)c3cc(-c4sc(Br)cc4CCCCCCCCCCCC)sc3c2s1. The Kier molecular flexibility index (Phi) is 25.4. The molecule has 0 aliphatic heterocycles. The van der Waals surface area contributed by atoms with Crippen LogP contribution in [0.15, 0.2) is 41.4 Å². The number of hydrogen-bond acceptors (Lipinski definition) is 6. The molecule has 5 aromatic heterocycles. The summed E-state index contributed by atoms with van der Waals surface area (Å²) in [6, 6.07) is 8.88. The predicted octanol–water partition coefficient (Wildman–Crippen LogP) is 20.5. The lowest BCUT2D eigenvalue weighted by molar-refractivity contribution is 0.528. The second kappa shape index (κ2) is 30.3. The molecule has 0 atom stereocenters. The summed E-state index contributed by atoms with van der Waals surface area (Å²) in [7, 11) is 0. The summed E-state index contributed by atoms with van der Waals surface area (Å²) in [6.07, 6.45) is 40.9. The van der Waals surface area contributed by atoms with Gasteiger partial charge in [0.1, 0.15) is 0 Å². The van der Waals surface area contributed by atoms with Gasteiger partial charge in [-0.25, -0.2) is 0 Å². The minimum absolute atomic E-state index is 0.120. The number of halogens is 2. The van der Waals surface area contributed by atoms with Gasteiger partial charge in [-0.2, -0.15) is 0 Å². The van der Waals surface area contributed by atoms with Crippen LogP contribution in [-0.4, -0.2) is 4.57 Å². The van der Waals surface area contributed by atoms with Crippen LogP contribution in [0.5, 0.6) is 0 Å². The molecule has 0 N–H and O–H groups in total. The van der Waals surface area contributed by atoms with Crippen LogP contribution in [-0.2, 0) is 19.4 Å². The van der Waals surface area contributed by atoms with Crippen molar-refractivity contribution in [1.82, 2.24) is 4.57 Å². The molecule has 0 aliphatic rings. The van der Waals surface area contributed by atoms with Crippen molar-refractivity contribution < 1.29 is 0 Å². The highest BCUT2D eigenvalue weighted by Crippen LogP contribution is 2.47. The molecule has 0 saturated heterocycles. The van der Waals surface area contributed by atoms with E-state index in [1.54, 1.807) is 49.9 Å². The van der Waals surface area contributed by atoms with Crippen LogP contribution in [0.3, 0.4) is 0 Å². The van der Waals surface area contributed by atoms with E-state index in [4.69, 9.17) is 0 Å². The average Bonchev–Trinajstić information content (AvgIpc) is 4.08. The molecule has 5 rings (SSSR count). The Bertz CT molecular complexity index is 2030. The maximum atomic E-state index is 14.6. The van der Waals surface area contributed by atoms with Gasteiger partial charge in [-0.1, -0.05) is 194 Å². The lowest BCUT2D eigenvalue weighted by Gasteiger charge is -2.04. The first-order chi connectivity index (χ1) is 30.9. The Morgan fingerprint density at radius 1 is 0.397 bits per heavy atom. The zero-order valence-corrected chi connectivity index (χ0v) is 45.7. The Morgan fingerprint density at radius 2 is 0.698 bits per heavy atom. The quantitative estimate of drug-likeness (QED) is 0.0379. The van der Waals surface area contributed by atoms with Gasteiger partial charge in [0.2, 0.25) is 0 Å². The number of unbranched alkanes of at least 4 members (excludes halogenated alkanes) is 27. The molecule has 0 aromatic carbocycles. The van der Waals surface area contributed by atoms with Crippen molar-refractivity contribution >= 4 is 97.4 Å². The summed E-state index contributed by atoms with van der Waals surface area (Å²) < 4.78 is 5.84. The van der Waals surface area contributed by atoms with Gasteiger partial charge in [0.15, 0.2) is 0 Å². The van der Waals surface area contributed by atoms with E-state index in [0.29, 0.717) is 17.3 Å². The van der Waals surface area contributed by atoms with Crippen LogP contribution < -0.4 is 11.1 Å². The summed E-state index contributed by atoms with van der Waals surface area (Å²) in [6.45, 7) is 7.33. The van der Waals surface area contributed by atoms with Gasteiger partial charge in [0.05, 0.1) is 27.7 Å². The highest BCUT2D eigenvalue weighted by molar-refractivity contribution is 9.11. The standard InChI is InChI=1S/C54H79Br2NO2S4/c1-4-7-10-13-16-19-22-25-28-31-34-41-37-47(55)62-49(41)45-39-43-51(60-45)52-44(54(59)57(53(43)58)36-33-30-27-24-21-18-15-12-9-6-3)40-46(61-52)50-42(38-48(56)63-50)35-32-29-26-23-20-17-14-11-8-5-2/h37-40H,4-36H2,1-3H3. The largest absolute Gasteiger partial charge is 0.274 e. The van der Waals surface area contributed by atoms with Crippen LogP contribution in [0.1, 0.15) is 225 Å². The van der Waals surface area contributed by atoms with Gasteiger partial charge in [0, 0.05) is 26.1 Å². The number of nitrogens with zero attached hydrogens (tertiary/aromatic N) is 1. The van der Waals surface area contributed by atoms with Crippen molar-refractivity contribution in [2.24, 2.45) is 0 Å². The highest BCUT2D eigenvalue weighted by Gasteiger charge is 2.22. The Hall–Kier alpha value is -1.10. The van der Waals surface area contributed by atoms with Gasteiger partial charge in [-0.3, -0.25) is 14.2 Å². The summed E-state index contributed by atoms with van der Waals surface area (Å²) in [4.78, 5) is 34.1. The van der Waals surface area contributed by atoms with E-state index in [0.717, 1.165) is 58.8 Å². The molecule has 0 saturated carbocycles. The van der Waals surface area contributed by atoms with E-state index in [1.807, 2.05) is 0 Å². The minimum Gasteiger partial charge on any atom is -0.274 e. The van der Waals surface area contributed by atoms with E-state index in [-0.39, 0.29) is 11.1 Å². The smallest absolute Gasteiger partial charge is 0.262 e. The molecule has 0 fully saturated rings. The van der Waals surface area contributed by atoms with Crippen LogP contribution in [0.25, 0.3) is 39.7 Å². The molecule has 0 aliphatic carbocycles. The molecule has 350 valence electrons. The van der Waals surface area contributed by atoms with Crippen LogP contribution >= 0.6 is 77.2 Å². The van der Waals surface area contributed by atoms with Crippen molar-refractivity contribution in [3.05, 3.63) is 63.7 Å². The molecule has 0 amide bonds. The van der Waals surface area contributed by atoms with E-state index < -0.39 is 0 Å². The number of fused-ring (bicyclic) bond motifs is 3. The number of hydrogen-bond donors (Lipinski definition) is 0. The molecule has 3 nitrogen and oxygen atoms in total. The van der Waals surface area contributed by atoms with Gasteiger partial charge >= 0.3 is 0 Å². The predicted molar refractivity (Wildman–Crippen MR) is 293 cm³/mol. The normalized spacial score (nSPS) is 11.9. The first kappa shape index (κ1) is 52.9. The molecular weight excluding hydrogens is 983 g/mol. The first-order valence-electron chi connectivity index (χ1n) is 25.6. The van der Waals surface area contributed by atoms with Gasteiger partial charge in [-0.05, 0) is 99.4 Å². The van der Waals surface area contributed by atoms with Crippen molar-refractivity contribution in [1.29, 1.82) is 0 Å². The number of aromatic nitrogens is 1. The maximum Gasteiger partial charge on any atom is 0.262 e. The second-order valence-electron chi connectivity index (χ2n) is 18.3. The molecule has 0 unspecified atom stereocenters. The summed E-state index contributed by atoms with van der Waals surface area (Å²) in [5.41, 5.74) is 2.51. The third-order valence-electron chi connectivity index (χ3n) is 13.0. The molecule has 5 aromatic rings. The molecular formula is C54H79Br2NO2S4. The summed E-state index contributed by atoms with van der Waals surface area (Å²) >= 11 is 14.7. The second-order valence-corrected chi connectivity index (χ2v) is 25.3. The Balaban J connectivity index is 1.36. The van der Waals surface area contributed by atoms with E-state index >= 15 is 0 Å². The molecule has 0 radical (unpaired) electrons. The highest BCUT2D eigenvalue weighted by atomic mass is 79.9. The Morgan fingerprint density at radius 3 is 1.03 bits per heavy atom. The monoisotopic (exact) mass is 1060 g/mol. The Labute approximate surface area is 414 Å². The average molecular weight is 1060 g/mol. The van der Waals surface area contributed by atoms with E-state index in [2.05, 4.69) is 76.9 Å². The molecule has 0 spiro atoms.